The van der Waals surface area contributed by atoms with Crippen LogP contribution < -0.4 is 27.1 Å². The van der Waals surface area contributed by atoms with E-state index in [1.807, 2.05) is 0 Å². The molecule has 0 bridgehead atoms. The number of halogens is 1. The number of pyridine rings is 1. The molecule has 0 spiro atoms. The van der Waals surface area contributed by atoms with Gasteiger partial charge in [0.05, 0.1) is 11.4 Å². The number of rotatable bonds is 9. The molecule has 2 rings (SSSR count). The van der Waals surface area contributed by atoms with Gasteiger partial charge in [0.1, 0.15) is 24.7 Å². The molecule has 31 heavy (non-hydrogen) atoms. The van der Waals surface area contributed by atoms with E-state index in [0.717, 1.165) is 16.7 Å². The Morgan fingerprint density at radius 3 is 2.61 bits per heavy atom. The normalized spacial score (nSPS) is 10.5. The molecule has 0 aliphatic carbocycles. The molecular formula is C18H25FN6O5S. The molecule has 1 aromatic heterocycles. The van der Waals surface area contributed by atoms with Gasteiger partial charge in [0, 0.05) is 5.69 Å². The zero-order valence-corrected chi connectivity index (χ0v) is 16.8. The van der Waals surface area contributed by atoms with Gasteiger partial charge < -0.3 is 26.2 Å². The van der Waals surface area contributed by atoms with Crippen LogP contribution in [0.2, 0.25) is 0 Å². The molecule has 0 aliphatic rings. The van der Waals surface area contributed by atoms with Crippen molar-refractivity contribution in [3.8, 4) is 0 Å². The maximum absolute atomic E-state index is 13.3. The van der Waals surface area contributed by atoms with E-state index in [0.29, 0.717) is 5.69 Å². The number of benzene rings is 1. The van der Waals surface area contributed by atoms with Crippen molar-refractivity contribution < 1.29 is 22.4 Å². The Kier molecular flexibility index (Phi) is 8.99. The lowest BCUT2D eigenvalue weighted by Gasteiger charge is -2.13. The summed E-state index contributed by atoms with van der Waals surface area (Å²) in [5.74, 6) is -1.51. The summed E-state index contributed by atoms with van der Waals surface area (Å²) in [5, 5.41) is 5.79. The number of aromatic nitrogens is 1. The van der Waals surface area contributed by atoms with Crippen molar-refractivity contribution in [2.24, 2.45) is 16.6 Å². The van der Waals surface area contributed by atoms with E-state index in [1.54, 1.807) is 6.92 Å². The average Bonchev–Trinajstić information content (AvgIpc) is 2.67. The maximum atomic E-state index is 13.3. The van der Waals surface area contributed by atoms with E-state index in [-0.39, 0.29) is 43.7 Å². The van der Waals surface area contributed by atoms with Crippen LogP contribution in [0.5, 0.6) is 0 Å². The maximum Gasteiger partial charge on any atom is 0.275 e. The predicted molar refractivity (Wildman–Crippen MR) is 114 cm³/mol. The first-order chi connectivity index (χ1) is 14.1. The van der Waals surface area contributed by atoms with Crippen LogP contribution in [0.25, 0.3) is 0 Å². The Hall–Kier alpha value is -3.61. The number of nitrogens with zero attached hydrogens (tertiary/aromatic N) is 2. The van der Waals surface area contributed by atoms with E-state index in [1.165, 1.54) is 24.3 Å². The summed E-state index contributed by atoms with van der Waals surface area (Å²) in [6.07, 6.45) is 0. The van der Waals surface area contributed by atoms with Crippen LogP contribution >= 0.6 is 0 Å². The number of amides is 1. The first-order valence-electron chi connectivity index (χ1n) is 8.56. The summed E-state index contributed by atoms with van der Waals surface area (Å²) >= 11 is 0. The van der Waals surface area contributed by atoms with Gasteiger partial charge in [-0.3, -0.25) is 14.3 Å². The second-order valence-electron chi connectivity index (χ2n) is 6.04. The molecule has 0 radical (unpaired) electrons. The third-order valence-electron chi connectivity index (χ3n) is 3.73. The van der Waals surface area contributed by atoms with Crippen LogP contribution in [0.4, 0.5) is 10.1 Å². The van der Waals surface area contributed by atoms with Crippen molar-refractivity contribution in [2.75, 3.05) is 17.9 Å². The van der Waals surface area contributed by atoms with E-state index in [9.17, 15) is 22.4 Å². The largest absolute Gasteiger partial charge is 0.391 e. The second-order valence-corrected chi connectivity index (χ2v) is 7.72. The number of oxime groups is 1. The zero-order valence-electron chi connectivity index (χ0n) is 16.0. The third-order valence-corrected chi connectivity index (χ3v) is 5.09. The van der Waals surface area contributed by atoms with Crippen molar-refractivity contribution in [1.82, 2.24) is 9.88 Å². The Morgan fingerprint density at radius 2 is 1.97 bits per heavy atom. The van der Waals surface area contributed by atoms with Crippen molar-refractivity contribution >= 4 is 27.6 Å². The monoisotopic (exact) mass is 456 g/mol. The van der Waals surface area contributed by atoms with Crippen molar-refractivity contribution in [1.29, 1.82) is 0 Å². The lowest BCUT2D eigenvalue weighted by atomic mass is 10.3. The van der Waals surface area contributed by atoms with Gasteiger partial charge in [-0.1, -0.05) is 13.5 Å². The van der Waals surface area contributed by atoms with Crippen LogP contribution in [0.15, 0.2) is 51.2 Å². The topological polar surface area (TPSA) is 171 Å². The molecule has 6 N–H and O–H groups in total. The van der Waals surface area contributed by atoms with Crippen LogP contribution in [0.3, 0.4) is 0 Å². The minimum absolute atomic E-state index is 0. The van der Waals surface area contributed by atoms with Crippen LogP contribution in [0.1, 0.15) is 13.1 Å². The molecule has 13 heteroatoms. The SMILES string of the molecule is C.Cc1ccc(NS(=O)(=O)c2cccc(F)c2)c(=O)n1CC(=O)NCCON=C(N)N. The highest BCUT2D eigenvalue weighted by atomic mass is 32.2. The van der Waals surface area contributed by atoms with Gasteiger partial charge in [-0.05, 0) is 42.4 Å². The van der Waals surface area contributed by atoms with Crippen LogP contribution in [-0.2, 0) is 26.2 Å². The molecule has 1 heterocycles. The van der Waals surface area contributed by atoms with Gasteiger partial charge in [0.15, 0.2) is 0 Å². The lowest BCUT2D eigenvalue weighted by molar-refractivity contribution is -0.122. The highest BCUT2D eigenvalue weighted by molar-refractivity contribution is 7.92. The molecule has 0 unspecified atom stereocenters. The number of guanidine groups is 1. The fraction of sp³-hybridized carbons (Fsp3) is 0.278. The van der Waals surface area contributed by atoms with Gasteiger partial charge in [-0.25, -0.2) is 12.8 Å². The highest BCUT2D eigenvalue weighted by Gasteiger charge is 2.18. The lowest BCUT2D eigenvalue weighted by Crippen LogP contribution is -2.36. The van der Waals surface area contributed by atoms with E-state index in [2.05, 4.69) is 15.2 Å². The molecule has 0 atom stereocenters. The fourth-order valence-electron chi connectivity index (χ4n) is 2.34. The number of sulfonamides is 1. The van der Waals surface area contributed by atoms with Gasteiger partial charge >= 0.3 is 0 Å². The molecule has 0 aliphatic heterocycles. The quantitative estimate of drug-likeness (QED) is 0.179. The molecule has 11 nitrogen and oxygen atoms in total. The first-order valence-corrected chi connectivity index (χ1v) is 10.0. The van der Waals surface area contributed by atoms with Crippen molar-refractivity contribution in [3.63, 3.8) is 0 Å². The molecular weight excluding hydrogens is 431 g/mol. The summed E-state index contributed by atoms with van der Waals surface area (Å²) in [5.41, 5.74) is 9.58. The first kappa shape index (κ1) is 25.4. The minimum Gasteiger partial charge on any atom is -0.391 e. The van der Waals surface area contributed by atoms with Gasteiger partial charge in [-0.15, -0.1) is 0 Å². The molecule has 0 saturated carbocycles. The van der Waals surface area contributed by atoms with E-state index >= 15 is 0 Å². The number of anilines is 1. The average molecular weight is 457 g/mol. The molecule has 170 valence electrons. The van der Waals surface area contributed by atoms with Crippen molar-refractivity contribution in [3.05, 3.63) is 58.3 Å². The number of nitrogens with one attached hydrogen (secondary N) is 2. The van der Waals surface area contributed by atoms with Gasteiger partial charge in [0.2, 0.25) is 11.9 Å². The van der Waals surface area contributed by atoms with Crippen LogP contribution in [-0.4, -0.2) is 38.0 Å². The summed E-state index contributed by atoms with van der Waals surface area (Å²) in [4.78, 5) is 29.1. The second kappa shape index (κ2) is 11.0. The number of carbonyl (C=O) groups is 1. The molecule has 0 saturated heterocycles. The zero-order chi connectivity index (χ0) is 22.3. The summed E-state index contributed by atoms with van der Waals surface area (Å²) < 4.78 is 41.4. The summed E-state index contributed by atoms with van der Waals surface area (Å²) in [6, 6.07) is 7.09. The molecule has 1 aromatic carbocycles. The summed E-state index contributed by atoms with van der Waals surface area (Å²) in [7, 11) is -4.20. The number of aryl methyl sites for hydroxylation is 1. The minimum atomic E-state index is -4.20. The predicted octanol–water partition coefficient (Wildman–Crippen LogP) is 0.0539. The standard InChI is InChI=1S/C17H21FN6O5S.CH4/c1-11-5-6-14(23-30(27,28)13-4-2-3-12(18)9-13)16(26)24(11)10-15(25)21-7-8-29-22-17(19)20;/h2-6,9,23H,7-8,10H2,1H3,(H,21,25)(H4,19,20,22);1H4. The number of hydrogen-bond donors (Lipinski definition) is 4. The van der Waals surface area contributed by atoms with Gasteiger partial charge in [-0.2, -0.15) is 0 Å². The smallest absolute Gasteiger partial charge is 0.275 e. The fourth-order valence-corrected chi connectivity index (χ4v) is 3.43. The Morgan fingerprint density at radius 1 is 1.26 bits per heavy atom. The number of hydrogen-bond acceptors (Lipinski definition) is 6. The van der Waals surface area contributed by atoms with Crippen molar-refractivity contribution in [2.45, 2.75) is 25.8 Å². The summed E-state index contributed by atoms with van der Waals surface area (Å²) in [6.45, 7) is 1.31. The Labute approximate surface area is 178 Å². The number of nitrogens with two attached hydrogens (primary N) is 2. The molecule has 1 amide bonds. The van der Waals surface area contributed by atoms with E-state index in [4.69, 9.17) is 16.3 Å². The highest BCUT2D eigenvalue weighted by Crippen LogP contribution is 2.15. The Bertz CT molecular complexity index is 1110. The molecule has 0 fully saturated rings. The van der Waals surface area contributed by atoms with Crippen LogP contribution in [0, 0.1) is 12.7 Å². The van der Waals surface area contributed by atoms with Gasteiger partial charge in [0.25, 0.3) is 15.6 Å². The Balaban J connectivity index is 0.00000480. The molecule has 2 aromatic rings. The van der Waals surface area contributed by atoms with E-state index < -0.39 is 27.3 Å². The number of carbonyl (C=O) groups excluding carboxylic acids is 1. The third kappa shape index (κ3) is 7.29.